The van der Waals surface area contributed by atoms with Gasteiger partial charge in [-0.2, -0.15) is 0 Å². The smallest absolute Gasteiger partial charge is 0.341 e. The van der Waals surface area contributed by atoms with E-state index >= 15 is 0 Å². The van der Waals surface area contributed by atoms with Gasteiger partial charge < -0.3 is 10.5 Å². The highest BCUT2D eigenvalue weighted by Crippen LogP contribution is 2.24. The van der Waals surface area contributed by atoms with Gasteiger partial charge in [-0.15, -0.1) is 5.54 Å². The topological polar surface area (TPSA) is 52.3 Å². The molecule has 3 nitrogen and oxygen atoms in total. The molecule has 0 bridgehead atoms. The molecule has 0 heterocycles. The number of hydrogen-bond acceptors (Lipinski definition) is 3. The third-order valence-corrected chi connectivity index (χ3v) is 3.42. The number of ether oxygens (including phenoxy) is 1. The molecule has 0 amide bonds. The molecule has 0 saturated carbocycles. The van der Waals surface area contributed by atoms with Crippen LogP contribution in [0.25, 0.3) is 0 Å². The molecule has 19 heavy (non-hydrogen) atoms. The highest BCUT2D eigenvalue weighted by atomic mass is 28.3. The first-order chi connectivity index (χ1) is 8.67. The molecule has 0 atom stereocenters. The van der Waals surface area contributed by atoms with Crippen molar-refractivity contribution < 1.29 is 13.9 Å². The summed E-state index contributed by atoms with van der Waals surface area (Å²) in [6.45, 7) is 7.84. The lowest BCUT2D eigenvalue weighted by atomic mass is 10.0. The highest BCUT2D eigenvalue weighted by Gasteiger charge is 2.19. The Morgan fingerprint density at radius 3 is 2.47 bits per heavy atom. The summed E-state index contributed by atoms with van der Waals surface area (Å²) in [5, 5.41) is 0. The van der Waals surface area contributed by atoms with Crippen molar-refractivity contribution >= 4 is 19.7 Å². The predicted octanol–water partition coefficient (Wildman–Crippen LogP) is 2.73. The number of carbonyl (C=O) groups is 1. The predicted molar refractivity (Wildman–Crippen MR) is 77.1 cm³/mol. The molecule has 0 aromatic heterocycles. The summed E-state index contributed by atoms with van der Waals surface area (Å²) < 4.78 is 18.5. The Kier molecular flexibility index (Phi) is 4.38. The van der Waals surface area contributed by atoms with Crippen LogP contribution in [0.1, 0.15) is 21.5 Å². The van der Waals surface area contributed by atoms with Gasteiger partial charge in [0.1, 0.15) is 19.5 Å². The van der Waals surface area contributed by atoms with Crippen LogP contribution in [0.3, 0.4) is 0 Å². The van der Waals surface area contributed by atoms with E-state index in [-0.39, 0.29) is 5.56 Å². The van der Waals surface area contributed by atoms with Crippen LogP contribution in [0.5, 0.6) is 0 Å². The van der Waals surface area contributed by atoms with Crippen molar-refractivity contribution in [3.63, 3.8) is 0 Å². The van der Waals surface area contributed by atoms with Gasteiger partial charge in [0.15, 0.2) is 0 Å². The number of nitrogens with two attached hydrogens (primary N) is 1. The van der Waals surface area contributed by atoms with Gasteiger partial charge >= 0.3 is 5.97 Å². The zero-order valence-electron chi connectivity index (χ0n) is 11.8. The molecule has 1 aromatic carbocycles. The van der Waals surface area contributed by atoms with Crippen molar-refractivity contribution in [1.29, 1.82) is 0 Å². The molecular formula is C14H18FNO2Si. The van der Waals surface area contributed by atoms with Gasteiger partial charge in [-0.25, -0.2) is 9.18 Å². The van der Waals surface area contributed by atoms with E-state index < -0.39 is 19.9 Å². The fourth-order valence-corrected chi connectivity index (χ4v) is 2.01. The molecule has 0 aliphatic rings. The maximum atomic E-state index is 13.9. The van der Waals surface area contributed by atoms with E-state index in [0.29, 0.717) is 16.8 Å². The van der Waals surface area contributed by atoms with Crippen LogP contribution in [0.15, 0.2) is 6.07 Å². The number of carbonyl (C=O) groups excluding carboxylic acids is 1. The minimum atomic E-state index is -1.57. The number of methoxy groups -OCH3 is 1. The van der Waals surface area contributed by atoms with E-state index in [4.69, 9.17) is 5.73 Å². The summed E-state index contributed by atoms with van der Waals surface area (Å²) in [6, 6.07) is 1.20. The van der Waals surface area contributed by atoms with E-state index in [1.807, 2.05) is 0 Å². The third-order valence-electron chi connectivity index (χ3n) is 2.54. The number of rotatable bonds is 1. The number of halogens is 1. The van der Waals surface area contributed by atoms with Crippen molar-refractivity contribution in [3.8, 4) is 11.5 Å². The lowest BCUT2D eigenvalue weighted by Crippen LogP contribution is -2.16. The second kappa shape index (κ2) is 5.45. The Bertz CT molecular complexity index is 580. The largest absolute Gasteiger partial charge is 0.465 e. The van der Waals surface area contributed by atoms with Crippen molar-refractivity contribution in [2.45, 2.75) is 26.6 Å². The molecule has 2 N–H and O–H groups in total. The molecule has 1 rings (SSSR count). The molecule has 102 valence electrons. The summed E-state index contributed by atoms with van der Waals surface area (Å²) in [6.07, 6.45) is 0. The second-order valence-electron chi connectivity index (χ2n) is 5.31. The van der Waals surface area contributed by atoms with Crippen molar-refractivity contribution in [3.05, 3.63) is 28.6 Å². The summed E-state index contributed by atoms with van der Waals surface area (Å²) in [5.74, 6) is 1.53. The summed E-state index contributed by atoms with van der Waals surface area (Å²) in [4.78, 5) is 11.5. The number of hydrogen-bond donors (Lipinski definition) is 1. The first-order valence-corrected chi connectivity index (χ1v) is 9.37. The molecule has 0 fully saturated rings. The zero-order valence-corrected chi connectivity index (χ0v) is 12.8. The molecule has 5 heteroatoms. The van der Waals surface area contributed by atoms with Gasteiger partial charge in [-0.1, -0.05) is 25.6 Å². The first kappa shape index (κ1) is 15.3. The van der Waals surface area contributed by atoms with Crippen molar-refractivity contribution in [2.24, 2.45) is 0 Å². The molecule has 0 spiro atoms. The number of anilines is 1. The Labute approximate surface area is 114 Å². The van der Waals surface area contributed by atoms with Crippen LogP contribution >= 0.6 is 0 Å². The van der Waals surface area contributed by atoms with Crippen LogP contribution in [0.4, 0.5) is 10.1 Å². The summed E-state index contributed by atoms with van der Waals surface area (Å²) >= 11 is 0. The van der Waals surface area contributed by atoms with Crippen LogP contribution < -0.4 is 5.73 Å². The highest BCUT2D eigenvalue weighted by molar-refractivity contribution is 6.83. The Morgan fingerprint density at radius 1 is 1.42 bits per heavy atom. The summed E-state index contributed by atoms with van der Waals surface area (Å²) in [7, 11) is -0.366. The SMILES string of the molecule is COC(=O)c1c(F)cc(C#C[Si](C)(C)C)c(N)c1C. The maximum Gasteiger partial charge on any atom is 0.341 e. The molecule has 0 saturated heterocycles. The van der Waals surface area contributed by atoms with Gasteiger partial charge in [0, 0.05) is 0 Å². The first-order valence-electron chi connectivity index (χ1n) is 5.87. The minimum Gasteiger partial charge on any atom is -0.465 e. The Hall–Kier alpha value is -1.80. The van der Waals surface area contributed by atoms with E-state index in [1.165, 1.54) is 13.2 Å². The normalized spacial score (nSPS) is 10.6. The second-order valence-corrected chi connectivity index (χ2v) is 10.1. The molecular weight excluding hydrogens is 261 g/mol. The molecule has 0 radical (unpaired) electrons. The number of esters is 1. The van der Waals surface area contributed by atoms with E-state index in [9.17, 15) is 9.18 Å². The fraction of sp³-hybridized carbons (Fsp3) is 0.357. The van der Waals surface area contributed by atoms with Gasteiger partial charge in [-0.3, -0.25) is 0 Å². The molecule has 0 unspecified atom stereocenters. The Morgan fingerprint density at radius 2 is 2.00 bits per heavy atom. The average molecular weight is 279 g/mol. The lowest BCUT2D eigenvalue weighted by Gasteiger charge is -2.10. The van der Waals surface area contributed by atoms with Crippen LogP contribution in [-0.4, -0.2) is 21.2 Å². The van der Waals surface area contributed by atoms with Gasteiger partial charge in [0.25, 0.3) is 0 Å². The van der Waals surface area contributed by atoms with Crippen molar-refractivity contribution in [1.82, 2.24) is 0 Å². The van der Waals surface area contributed by atoms with Gasteiger partial charge in [-0.05, 0) is 18.6 Å². The Balaban J connectivity index is 3.41. The van der Waals surface area contributed by atoms with E-state index in [1.54, 1.807) is 6.92 Å². The van der Waals surface area contributed by atoms with Gasteiger partial charge in [0.05, 0.1) is 18.4 Å². The standard InChI is InChI=1S/C14H18FNO2Si/c1-9-12(14(17)18-2)11(15)8-10(13(9)16)6-7-19(3,4)5/h8H,16H2,1-5H3. The van der Waals surface area contributed by atoms with E-state index in [0.717, 1.165) is 0 Å². The van der Waals surface area contributed by atoms with Crippen LogP contribution in [-0.2, 0) is 4.74 Å². The quantitative estimate of drug-likeness (QED) is 0.372. The monoisotopic (exact) mass is 279 g/mol. The minimum absolute atomic E-state index is 0.126. The van der Waals surface area contributed by atoms with Crippen LogP contribution in [0.2, 0.25) is 19.6 Å². The maximum absolute atomic E-state index is 13.9. The van der Waals surface area contributed by atoms with Crippen LogP contribution in [0, 0.1) is 24.2 Å². The summed E-state index contributed by atoms with van der Waals surface area (Å²) in [5.41, 5.74) is 10.0. The van der Waals surface area contributed by atoms with Gasteiger partial charge in [0.2, 0.25) is 0 Å². The fourth-order valence-electron chi connectivity index (χ4n) is 1.50. The average Bonchev–Trinajstić information content (AvgIpc) is 2.30. The van der Waals surface area contributed by atoms with E-state index in [2.05, 4.69) is 35.8 Å². The lowest BCUT2D eigenvalue weighted by molar-refractivity contribution is 0.0594. The number of nitrogen functional groups attached to an aromatic ring is 1. The molecule has 1 aromatic rings. The zero-order chi connectivity index (χ0) is 14.8. The molecule has 0 aliphatic carbocycles. The molecule has 0 aliphatic heterocycles. The third kappa shape index (κ3) is 3.58. The van der Waals surface area contributed by atoms with Crippen molar-refractivity contribution in [2.75, 3.05) is 12.8 Å². The number of benzene rings is 1.